The molecule has 2 N–H and O–H groups in total. The maximum atomic E-state index is 11.6. The van der Waals surface area contributed by atoms with E-state index in [1.54, 1.807) is 13.8 Å². The molecule has 1 amide bonds. The molecule has 3 nitrogen and oxygen atoms in total. The molecule has 0 aliphatic heterocycles. The Kier molecular flexibility index (Phi) is 3.93. The molecule has 0 aromatic rings. The van der Waals surface area contributed by atoms with Gasteiger partial charge in [-0.1, -0.05) is 19.3 Å². The van der Waals surface area contributed by atoms with Gasteiger partial charge in [-0.05, 0) is 26.7 Å². The summed E-state index contributed by atoms with van der Waals surface area (Å²) >= 11 is 0. The highest BCUT2D eigenvalue weighted by atomic mass is 16.3. The van der Waals surface area contributed by atoms with E-state index in [2.05, 4.69) is 5.32 Å². The van der Waals surface area contributed by atoms with Gasteiger partial charge in [0.1, 0.15) is 0 Å². The van der Waals surface area contributed by atoms with Gasteiger partial charge in [-0.3, -0.25) is 4.79 Å². The molecule has 0 saturated heterocycles. The minimum absolute atomic E-state index is 0.117. The van der Waals surface area contributed by atoms with Crippen molar-refractivity contribution in [3.63, 3.8) is 0 Å². The van der Waals surface area contributed by atoms with Gasteiger partial charge in [0.25, 0.3) is 0 Å². The van der Waals surface area contributed by atoms with Gasteiger partial charge in [0.2, 0.25) is 5.91 Å². The Labute approximate surface area is 85.9 Å². The Hall–Kier alpha value is -0.570. The Morgan fingerprint density at radius 2 is 1.93 bits per heavy atom. The third kappa shape index (κ3) is 4.09. The molecule has 0 radical (unpaired) electrons. The molecule has 0 spiro atoms. The van der Waals surface area contributed by atoms with Crippen LogP contribution in [-0.4, -0.2) is 23.2 Å². The van der Waals surface area contributed by atoms with Crippen LogP contribution in [0, 0.1) is 5.92 Å². The summed E-state index contributed by atoms with van der Waals surface area (Å²) in [5.74, 6) is 0.304. The molecule has 3 heteroatoms. The molecule has 0 unspecified atom stereocenters. The minimum Gasteiger partial charge on any atom is -0.389 e. The molecular formula is C11H21NO2. The molecule has 1 fully saturated rings. The molecule has 1 aliphatic rings. The highest BCUT2D eigenvalue weighted by molar-refractivity contribution is 5.78. The van der Waals surface area contributed by atoms with Gasteiger partial charge in [0.15, 0.2) is 0 Å². The maximum Gasteiger partial charge on any atom is 0.223 e. The lowest BCUT2D eigenvalue weighted by atomic mass is 9.88. The number of nitrogens with one attached hydrogen (secondary N) is 1. The zero-order chi connectivity index (χ0) is 10.6. The van der Waals surface area contributed by atoms with Gasteiger partial charge in [0.05, 0.1) is 5.60 Å². The van der Waals surface area contributed by atoms with Gasteiger partial charge in [-0.15, -0.1) is 0 Å². The van der Waals surface area contributed by atoms with Crippen LogP contribution in [-0.2, 0) is 4.79 Å². The molecule has 1 rings (SSSR count). The van der Waals surface area contributed by atoms with E-state index in [0.29, 0.717) is 6.54 Å². The van der Waals surface area contributed by atoms with Crippen LogP contribution >= 0.6 is 0 Å². The lowest BCUT2D eigenvalue weighted by Crippen LogP contribution is -2.41. The number of carbonyl (C=O) groups is 1. The quantitative estimate of drug-likeness (QED) is 0.723. The van der Waals surface area contributed by atoms with Crippen molar-refractivity contribution >= 4 is 5.91 Å². The fourth-order valence-corrected chi connectivity index (χ4v) is 1.81. The Balaban J connectivity index is 2.27. The predicted molar refractivity (Wildman–Crippen MR) is 55.9 cm³/mol. The minimum atomic E-state index is -0.801. The molecule has 0 atom stereocenters. The van der Waals surface area contributed by atoms with Crippen molar-refractivity contribution < 1.29 is 9.90 Å². The summed E-state index contributed by atoms with van der Waals surface area (Å²) in [6.07, 6.45) is 5.62. The first kappa shape index (κ1) is 11.5. The average molecular weight is 199 g/mol. The van der Waals surface area contributed by atoms with Gasteiger partial charge in [0, 0.05) is 12.5 Å². The van der Waals surface area contributed by atoms with Crippen molar-refractivity contribution in [3.8, 4) is 0 Å². The van der Waals surface area contributed by atoms with Crippen LogP contribution in [0.2, 0.25) is 0 Å². The van der Waals surface area contributed by atoms with Crippen LogP contribution in [0.15, 0.2) is 0 Å². The molecule has 1 saturated carbocycles. The van der Waals surface area contributed by atoms with E-state index in [1.807, 2.05) is 0 Å². The van der Waals surface area contributed by atoms with Crippen molar-refractivity contribution in [2.75, 3.05) is 6.54 Å². The summed E-state index contributed by atoms with van der Waals surface area (Å²) < 4.78 is 0. The standard InChI is InChI=1S/C11H21NO2/c1-11(2,14)8-12-10(13)9-6-4-3-5-7-9/h9,14H,3-8H2,1-2H3,(H,12,13). The van der Waals surface area contributed by atoms with Crippen LogP contribution in [0.4, 0.5) is 0 Å². The number of carbonyl (C=O) groups excluding carboxylic acids is 1. The molecule has 1 aliphatic carbocycles. The van der Waals surface area contributed by atoms with Crippen LogP contribution in [0.5, 0.6) is 0 Å². The number of amides is 1. The predicted octanol–water partition coefficient (Wildman–Crippen LogP) is 1.45. The van der Waals surface area contributed by atoms with E-state index in [9.17, 15) is 9.90 Å². The van der Waals surface area contributed by atoms with Gasteiger partial charge in [-0.2, -0.15) is 0 Å². The van der Waals surface area contributed by atoms with Crippen LogP contribution in [0.3, 0.4) is 0 Å². The van der Waals surface area contributed by atoms with E-state index in [1.165, 1.54) is 19.3 Å². The van der Waals surface area contributed by atoms with Crippen LogP contribution in [0.1, 0.15) is 46.0 Å². The van der Waals surface area contributed by atoms with E-state index in [0.717, 1.165) is 12.8 Å². The summed E-state index contributed by atoms with van der Waals surface area (Å²) in [5, 5.41) is 12.3. The number of aliphatic hydroxyl groups is 1. The first-order valence-corrected chi connectivity index (χ1v) is 5.49. The van der Waals surface area contributed by atoms with Crippen LogP contribution < -0.4 is 5.32 Å². The molecule has 0 aromatic carbocycles. The number of rotatable bonds is 3. The molecule has 82 valence electrons. The number of hydrogen-bond donors (Lipinski definition) is 2. The smallest absolute Gasteiger partial charge is 0.223 e. The fourth-order valence-electron chi connectivity index (χ4n) is 1.81. The summed E-state index contributed by atoms with van der Waals surface area (Å²) in [5.41, 5.74) is -0.801. The highest BCUT2D eigenvalue weighted by Crippen LogP contribution is 2.23. The van der Waals surface area contributed by atoms with Crippen molar-refractivity contribution in [1.29, 1.82) is 0 Å². The van der Waals surface area contributed by atoms with Crippen LogP contribution in [0.25, 0.3) is 0 Å². The fraction of sp³-hybridized carbons (Fsp3) is 0.909. The largest absolute Gasteiger partial charge is 0.389 e. The van der Waals surface area contributed by atoms with Crippen molar-refractivity contribution in [2.24, 2.45) is 5.92 Å². The summed E-state index contributed by atoms with van der Waals surface area (Å²) in [4.78, 5) is 11.6. The second kappa shape index (κ2) is 4.78. The maximum absolute atomic E-state index is 11.6. The zero-order valence-corrected chi connectivity index (χ0v) is 9.18. The van der Waals surface area contributed by atoms with Crippen molar-refractivity contribution in [3.05, 3.63) is 0 Å². The van der Waals surface area contributed by atoms with E-state index >= 15 is 0 Å². The SMILES string of the molecule is CC(C)(O)CNC(=O)C1CCCCC1. The van der Waals surface area contributed by atoms with Gasteiger partial charge in [-0.25, -0.2) is 0 Å². The molecular weight excluding hydrogens is 178 g/mol. The van der Waals surface area contributed by atoms with E-state index < -0.39 is 5.60 Å². The second-order valence-corrected chi connectivity index (χ2v) is 4.87. The third-order valence-electron chi connectivity index (χ3n) is 2.67. The van der Waals surface area contributed by atoms with Gasteiger partial charge < -0.3 is 10.4 Å². The molecule has 0 heterocycles. The summed E-state index contributed by atoms with van der Waals surface area (Å²) in [6.45, 7) is 3.75. The third-order valence-corrected chi connectivity index (χ3v) is 2.67. The van der Waals surface area contributed by atoms with E-state index in [4.69, 9.17) is 0 Å². The Morgan fingerprint density at radius 3 is 2.43 bits per heavy atom. The second-order valence-electron chi connectivity index (χ2n) is 4.87. The summed E-state index contributed by atoms with van der Waals surface area (Å²) in [7, 11) is 0. The Morgan fingerprint density at radius 1 is 1.36 bits per heavy atom. The van der Waals surface area contributed by atoms with Gasteiger partial charge >= 0.3 is 0 Å². The topological polar surface area (TPSA) is 49.3 Å². The lowest BCUT2D eigenvalue weighted by Gasteiger charge is -2.23. The molecule has 0 aromatic heterocycles. The average Bonchev–Trinajstić information content (AvgIpc) is 2.14. The lowest BCUT2D eigenvalue weighted by molar-refractivity contribution is -0.126. The normalized spacial score (nSPS) is 19.4. The first-order valence-electron chi connectivity index (χ1n) is 5.49. The number of hydrogen-bond acceptors (Lipinski definition) is 2. The highest BCUT2D eigenvalue weighted by Gasteiger charge is 2.22. The monoisotopic (exact) mass is 199 g/mol. The van der Waals surface area contributed by atoms with Crippen molar-refractivity contribution in [2.45, 2.75) is 51.6 Å². The Bertz CT molecular complexity index is 190. The zero-order valence-electron chi connectivity index (χ0n) is 9.18. The summed E-state index contributed by atoms with van der Waals surface area (Å²) in [6, 6.07) is 0. The van der Waals surface area contributed by atoms with Crippen molar-refractivity contribution in [1.82, 2.24) is 5.32 Å². The molecule has 0 bridgehead atoms. The molecule has 14 heavy (non-hydrogen) atoms. The first-order chi connectivity index (χ1) is 6.49. The van der Waals surface area contributed by atoms with E-state index in [-0.39, 0.29) is 11.8 Å².